The Morgan fingerprint density at radius 2 is 1.76 bits per heavy atom. The summed E-state index contributed by atoms with van der Waals surface area (Å²) in [6.07, 6.45) is 0. The minimum Gasteiger partial charge on any atom is -0.454 e. The van der Waals surface area contributed by atoms with Gasteiger partial charge >= 0.3 is 6.03 Å². The number of ether oxygens (including phenoxy) is 2. The van der Waals surface area contributed by atoms with Gasteiger partial charge in [0.25, 0.3) is 0 Å². The molecule has 1 aliphatic heterocycles. The fourth-order valence-corrected chi connectivity index (χ4v) is 2.09. The molecule has 21 heavy (non-hydrogen) atoms. The monoisotopic (exact) mass is 305 g/mol. The molecule has 3 rings (SSSR count). The molecular formula is C14H12ClN3O3. The van der Waals surface area contributed by atoms with Crippen molar-refractivity contribution in [2.75, 3.05) is 23.2 Å². The summed E-state index contributed by atoms with van der Waals surface area (Å²) in [6.45, 7) is 0.143. The Balaban J connectivity index is 1.75. The molecule has 0 bridgehead atoms. The first-order chi connectivity index (χ1) is 10.1. The number of amides is 2. The van der Waals surface area contributed by atoms with E-state index in [-0.39, 0.29) is 6.79 Å². The number of halogens is 1. The second-order valence-electron chi connectivity index (χ2n) is 4.35. The number of urea groups is 1. The SMILES string of the molecule is Nc1cc2c(cc1NC(=O)Nc1ccccc1Cl)OCO2. The van der Waals surface area contributed by atoms with Gasteiger partial charge in [0.05, 0.1) is 22.1 Å². The van der Waals surface area contributed by atoms with Crippen molar-refractivity contribution < 1.29 is 14.3 Å². The van der Waals surface area contributed by atoms with E-state index in [0.717, 1.165) is 0 Å². The van der Waals surface area contributed by atoms with Gasteiger partial charge in [-0.2, -0.15) is 0 Å². The Bertz CT molecular complexity index is 706. The molecule has 0 spiro atoms. The van der Waals surface area contributed by atoms with E-state index in [1.165, 1.54) is 0 Å². The number of fused-ring (bicyclic) bond motifs is 1. The zero-order chi connectivity index (χ0) is 14.8. The minimum absolute atomic E-state index is 0.143. The van der Waals surface area contributed by atoms with Crippen LogP contribution >= 0.6 is 11.6 Å². The van der Waals surface area contributed by atoms with E-state index in [1.807, 2.05) is 0 Å². The summed E-state index contributed by atoms with van der Waals surface area (Å²) < 4.78 is 10.4. The number of anilines is 3. The van der Waals surface area contributed by atoms with Gasteiger partial charge in [-0.25, -0.2) is 4.79 Å². The molecule has 108 valence electrons. The average molecular weight is 306 g/mol. The van der Waals surface area contributed by atoms with Crippen LogP contribution in [0.25, 0.3) is 0 Å². The molecule has 2 aromatic rings. The van der Waals surface area contributed by atoms with E-state index in [1.54, 1.807) is 36.4 Å². The van der Waals surface area contributed by atoms with Crippen LogP contribution in [0.1, 0.15) is 0 Å². The number of hydrogen-bond donors (Lipinski definition) is 3. The molecule has 6 nitrogen and oxygen atoms in total. The van der Waals surface area contributed by atoms with E-state index >= 15 is 0 Å². The molecule has 1 aliphatic rings. The molecular weight excluding hydrogens is 294 g/mol. The van der Waals surface area contributed by atoms with Gasteiger partial charge in [-0.1, -0.05) is 23.7 Å². The van der Waals surface area contributed by atoms with Gasteiger partial charge in [0.2, 0.25) is 6.79 Å². The second kappa shape index (κ2) is 5.41. The molecule has 0 fully saturated rings. The number of rotatable bonds is 2. The number of carbonyl (C=O) groups is 1. The molecule has 0 unspecified atom stereocenters. The third-order valence-corrected chi connectivity index (χ3v) is 3.24. The van der Waals surface area contributed by atoms with Gasteiger partial charge < -0.3 is 25.8 Å². The van der Waals surface area contributed by atoms with Gasteiger partial charge in [0.15, 0.2) is 11.5 Å². The van der Waals surface area contributed by atoms with Crippen molar-refractivity contribution in [1.82, 2.24) is 0 Å². The lowest BCUT2D eigenvalue weighted by atomic mass is 10.2. The highest BCUT2D eigenvalue weighted by molar-refractivity contribution is 6.33. The summed E-state index contributed by atoms with van der Waals surface area (Å²) in [4.78, 5) is 12.0. The normalized spacial score (nSPS) is 12.0. The summed E-state index contributed by atoms with van der Waals surface area (Å²) in [6, 6.07) is 9.71. The standard InChI is InChI=1S/C14H12ClN3O3/c15-8-3-1-2-4-10(8)17-14(19)18-11-6-13-12(5-9(11)16)20-7-21-13/h1-6H,7,16H2,(H2,17,18,19). The maximum Gasteiger partial charge on any atom is 0.323 e. The van der Waals surface area contributed by atoms with Gasteiger partial charge in [-0.3, -0.25) is 0 Å². The fourth-order valence-electron chi connectivity index (χ4n) is 1.90. The van der Waals surface area contributed by atoms with E-state index in [0.29, 0.717) is 33.6 Å². The van der Waals surface area contributed by atoms with E-state index in [2.05, 4.69) is 10.6 Å². The Morgan fingerprint density at radius 3 is 2.52 bits per heavy atom. The van der Waals surface area contributed by atoms with E-state index < -0.39 is 6.03 Å². The lowest BCUT2D eigenvalue weighted by Gasteiger charge is -2.11. The highest BCUT2D eigenvalue weighted by Crippen LogP contribution is 2.38. The lowest BCUT2D eigenvalue weighted by molar-refractivity contribution is 0.174. The fraction of sp³-hybridized carbons (Fsp3) is 0.0714. The van der Waals surface area contributed by atoms with Crippen molar-refractivity contribution in [3.63, 3.8) is 0 Å². The maximum atomic E-state index is 12.0. The van der Waals surface area contributed by atoms with Crippen LogP contribution in [0.4, 0.5) is 21.9 Å². The highest BCUT2D eigenvalue weighted by Gasteiger charge is 2.17. The van der Waals surface area contributed by atoms with E-state index in [9.17, 15) is 4.79 Å². The van der Waals surface area contributed by atoms with Crippen LogP contribution in [-0.4, -0.2) is 12.8 Å². The molecule has 2 amide bonds. The Kier molecular flexibility index (Phi) is 3.45. The average Bonchev–Trinajstić information content (AvgIpc) is 2.89. The number of nitrogens with one attached hydrogen (secondary N) is 2. The van der Waals surface area contributed by atoms with E-state index in [4.69, 9.17) is 26.8 Å². The summed E-state index contributed by atoms with van der Waals surface area (Å²) >= 11 is 5.98. The smallest absolute Gasteiger partial charge is 0.323 e. The van der Waals surface area contributed by atoms with Gasteiger partial charge in [0, 0.05) is 12.1 Å². The van der Waals surface area contributed by atoms with Crippen molar-refractivity contribution in [1.29, 1.82) is 0 Å². The summed E-state index contributed by atoms with van der Waals surface area (Å²) in [7, 11) is 0. The summed E-state index contributed by atoms with van der Waals surface area (Å²) in [5, 5.41) is 5.74. The summed E-state index contributed by atoms with van der Waals surface area (Å²) in [5.41, 5.74) is 7.19. The quantitative estimate of drug-likeness (QED) is 0.743. The molecule has 0 saturated carbocycles. The number of nitrogens with two attached hydrogens (primary N) is 1. The zero-order valence-corrected chi connectivity index (χ0v) is 11.6. The predicted octanol–water partition coefficient (Wildman–Crippen LogP) is 3.29. The molecule has 2 aromatic carbocycles. The molecule has 0 atom stereocenters. The van der Waals surface area contributed by atoms with Crippen molar-refractivity contribution in [3.8, 4) is 11.5 Å². The first-order valence-electron chi connectivity index (χ1n) is 6.15. The van der Waals surface area contributed by atoms with Crippen LogP contribution < -0.4 is 25.8 Å². The molecule has 0 saturated heterocycles. The summed E-state index contributed by atoms with van der Waals surface area (Å²) in [5.74, 6) is 1.10. The topological polar surface area (TPSA) is 85.6 Å². The van der Waals surface area contributed by atoms with Gasteiger partial charge in [0.1, 0.15) is 0 Å². The van der Waals surface area contributed by atoms with Crippen LogP contribution in [0.15, 0.2) is 36.4 Å². The van der Waals surface area contributed by atoms with Gasteiger partial charge in [-0.05, 0) is 12.1 Å². The van der Waals surface area contributed by atoms with Crippen LogP contribution in [-0.2, 0) is 0 Å². The molecule has 0 aliphatic carbocycles. The largest absolute Gasteiger partial charge is 0.454 e. The molecule has 4 N–H and O–H groups in total. The molecule has 0 aromatic heterocycles. The Morgan fingerprint density at radius 1 is 1.10 bits per heavy atom. The van der Waals surface area contributed by atoms with Crippen LogP contribution in [0.3, 0.4) is 0 Å². The molecule has 1 heterocycles. The Hall–Kier alpha value is -2.60. The third-order valence-electron chi connectivity index (χ3n) is 2.91. The third kappa shape index (κ3) is 2.80. The molecule has 0 radical (unpaired) electrons. The van der Waals surface area contributed by atoms with Crippen LogP contribution in [0.5, 0.6) is 11.5 Å². The van der Waals surface area contributed by atoms with Crippen molar-refractivity contribution >= 4 is 34.7 Å². The highest BCUT2D eigenvalue weighted by atomic mass is 35.5. The first-order valence-corrected chi connectivity index (χ1v) is 6.53. The van der Waals surface area contributed by atoms with Crippen LogP contribution in [0.2, 0.25) is 5.02 Å². The maximum absolute atomic E-state index is 12.0. The zero-order valence-electron chi connectivity index (χ0n) is 10.9. The van der Waals surface area contributed by atoms with Gasteiger partial charge in [-0.15, -0.1) is 0 Å². The predicted molar refractivity (Wildman–Crippen MR) is 81.1 cm³/mol. The number of benzene rings is 2. The Labute approximate surface area is 125 Å². The minimum atomic E-state index is -0.450. The number of para-hydroxylation sites is 1. The van der Waals surface area contributed by atoms with Crippen molar-refractivity contribution in [2.24, 2.45) is 0 Å². The molecule has 7 heteroatoms. The van der Waals surface area contributed by atoms with Crippen LogP contribution in [0, 0.1) is 0 Å². The van der Waals surface area contributed by atoms with Crippen molar-refractivity contribution in [2.45, 2.75) is 0 Å². The number of nitrogen functional groups attached to an aromatic ring is 1. The van der Waals surface area contributed by atoms with Crippen molar-refractivity contribution in [3.05, 3.63) is 41.4 Å². The second-order valence-corrected chi connectivity index (χ2v) is 4.76. The lowest BCUT2D eigenvalue weighted by Crippen LogP contribution is -2.20. The number of hydrogen-bond acceptors (Lipinski definition) is 4. The first kappa shape index (κ1) is 13.4. The number of carbonyl (C=O) groups excluding carboxylic acids is 1.